The first-order valence-electron chi connectivity index (χ1n) is 8.52. The predicted octanol–water partition coefficient (Wildman–Crippen LogP) is 2.12. The van der Waals surface area contributed by atoms with E-state index in [1.807, 2.05) is 43.3 Å². The van der Waals surface area contributed by atoms with Crippen LogP contribution < -0.4 is 14.9 Å². The molecule has 26 heavy (non-hydrogen) atoms. The van der Waals surface area contributed by atoms with Gasteiger partial charge in [-0.05, 0) is 48.7 Å². The average Bonchev–Trinajstić information content (AvgIpc) is 3.43. The van der Waals surface area contributed by atoms with Crippen molar-refractivity contribution < 1.29 is 13.2 Å². The molecule has 0 heterocycles. The summed E-state index contributed by atoms with van der Waals surface area (Å²) in [5, 5.41) is 2.83. The molecule has 2 aromatic rings. The molecule has 0 bridgehead atoms. The van der Waals surface area contributed by atoms with Gasteiger partial charge in [-0.3, -0.25) is 4.79 Å². The molecule has 1 fully saturated rings. The number of nitrogens with one attached hydrogen (secondary N) is 2. The van der Waals surface area contributed by atoms with E-state index >= 15 is 0 Å². The Bertz CT molecular complexity index is 889. The molecular weight excluding hydrogens is 350 g/mol. The van der Waals surface area contributed by atoms with E-state index < -0.39 is 10.0 Å². The minimum absolute atomic E-state index is 0.0302. The van der Waals surface area contributed by atoms with Crippen molar-refractivity contribution in [2.75, 3.05) is 19.0 Å². The van der Waals surface area contributed by atoms with Crippen LogP contribution in [-0.2, 0) is 16.6 Å². The molecular formula is C19H23N3O3S. The van der Waals surface area contributed by atoms with Crippen LogP contribution in [0.15, 0.2) is 53.4 Å². The maximum absolute atomic E-state index is 12.4. The van der Waals surface area contributed by atoms with Gasteiger partial charge in [-0.2, -0.15) is 0 Å². The lowest BCUT2D eigenvalue weighted by Gasteiger charge is -2.13. The lowest BCUT2D eigenvalue weighted by atomic mass is 10.1. The Kier molecular flexibility index (Phi) is 5.29. The molecule has 0 atom stereocenters. The predicted molar refractivity (Wildman–Crippen MR) is 102 cm³/mol. The van der Waals surface area contributed by atoms with Gasteiger partial charge in [0.1, 0.15) is 0 Å². The van der Waals surface area contributed by atoms with Gasteiger partial charge in [0.05, 0.1) is 4.90 Å². The Morgan fingerprint density at radius 2 is 1.81 bits per heavy atom. The fourth-order valence-corrected chi connectivity index (χ4v) is 3.84. The molecule has 1 aliphatic carbocycles. The summed E-state index contributed by atoms with van der Waals surface area (Å²) in [4.78, 5) is 14.5. The van der Waals surface area contributed by atoms with Crippen LogP contribution in [0.3, 0.4) is 0 Å². The van der Waals surface area contributed by atoms with Crippen molar-refractivity contribution in [3.05, 3.63) is 59.7 Å². The van der Waals surface area contributed by atoms with Gasteiger partial charge in [-0.25, -0.2) is 13.1 Å². The Hall–Kier alpha value is -2.38. The molecule has 6 nitrogen and oxygen atoms in total. The summed E-state index contributed by atoms with van der Waals surface area (Å²) in [7, 11) is 0.369. The normalized spacial score (nSPS) is 14.1. The number of hydrogen-bond acceptors (Lipinski definition) is 4. The SMILES string of the molecule is CN(C)c1ccc(CNC(=O)c2cccc(S(=O)(=O)NC3CC3)c2)cc1. The first kappa shape index (κ1) is 18.4. The summed E-state index contributed by atoms with van der Waals surface area (Å²) < 4.78 is 27.2. The average molecular weight is 373 g/mol. The largest absolute Gasteiger partial charge is 0.378 e. The minimum Gasteiger partial charge on any atom is -0.378 e. The molecule has 138 valence electrons. The summed E-state index contributed by atoms with van der Waals surface area (Å²) >= 11 is 0. The van der Waals surface area contributed by atoms with Gasteiger partial charge in [-0.1, -0.05) is 18.2 Å². The number of nitrogens with zero attached hydrogens (tertiary/aromatic N) is 1. The number of sulfonamides is 1. The topological polar surface area (TPSA) is 78.5 Å². The first-order valence-corrected chi connectivity index (χ1v) is 10.0. The van der Waals surface area contributed by atoms with Gasteiger partial charge < -0.3 is 10.2 Å². The Morgan fingerprint density at radius 3 is 2.42 bits per heavy atom. The number of hydrogen-bond donors (Lipinski definition) is 2. The molecule has 0 aromatic heterocycles. The van der Waals surface area contributed by atoms with E-state index in [0.29, 0.717) is 12.1 Å². The van der Waals surface area contributed by atoms with Crippen molar-refractivity contribution in [1.29, 1.82) is 0 Å². The monoisotopic (exact) mass is 373 g/mol. The Morgan fingerprint density at radius 1 is 1.12 bits per heavy atom. The lowest BCUT2D eigenvalue weighted by Crippen LogP contribution is -2.27. The highest BCUT2D eigenvalue weighted by atomic mass is 32.2. The molecule has 3 rings (SSSR count). The van der Waals surface area contributed by atoms with Gasteiger partial charge >= 0.3 is 0 Å². The summed E-state index contributed by atoms with van der Waals surface area (Å²) in [6, 6.07) is 14.0. The van der Waals surface area contributed by atoms with Crippen LogP contribution in [0.2, 0.25) is 0 Å². The third-order valence-corrected chi connectivity index (χ3v) is 5.73. The number of carbonyl (C=O) groups is 1. The Balaban J connectivity index is 1.65. The van der Waals surface area contributed by atoms with Gasteiger partial charge in [-0.15, -0.1) is 0 Å². The number of rotatable bonds is 7. The van der Waals surface area contributed by atoms with Crippen LogP contribution in [0.25, 0.3) is 0 Å². The highest BCUT2D eigenvalue weighted by Gasteiger charge is 2.28. The molecule has 2 N–H and O–H groups in total. The second kappa shape index (κ2) is 7.47. The highest BCUT2D eigenvalue weighted by Crippen LogP contribution is 2.22. The smallest absolute Gasteiger partial charge is 0.251 e. The third-order valence-electron chi connectivity index (χ3n) is 4.21. The molecule has 0 spiro atoms. The molecule has 0 unspecified atom stereocenters. The molecule has 0 saturated heterocycles. The van der Waals surface area contributed by atoms with Gasteiger partial charge in [0, 0.05) is 37.9 Å². The standard InChI is InChI=1S/C19H23N3O3S/c1-22(2)17-10-6-14(7-11-17)13-20-19(23)15-4-3-5-18(12-15)26(24,25)21-16-8-9-16/h3-7,10-12,16,21H,8-9,13H2,1-2H3,(H,20,23). The zero-order valence-electron chi connectivity index (χ0n) is 14.9. The number of benzene rings is 2. The molecule has 0 aliphatic heterocycles. The summed E-state index contributed by atoms with van der Waals surface area (Å²) in [6.45, 7) is 0.379. The van der Waals surface area contributed by atoms with E-state index in [1.165, 1.54) is 12.1 Å². The summed E-state index contributed by atoms with van der Waals surface area (Å²) in [6.07, 6.45) is 1.73. The quantitative estimate of drug-likeness (QED) is 0.779. The molecule has 2 aromatic carbocycles. The highest BCUT2D eigenvalue weighted by molar-refractivity contribution is 7.89. The van der Waals surface area contributed by atoms with Crippen LogP contribution in [0.1, 0.15) is 28.8 Å². The number of anilines is 1. The van der Waals surface area contributed by atoms with Crippen molar-refractivity contribution in [3.8, 4) is 0 Å². The van der Waals surface area contributed by atoms with Crippen molar-refractivity contribution in [2.45, 2.75) is 30.3 Å². The lowest BCUT2D eigenvalue weighted by molar-refractivity contribution is 0.0950. The van der Waals surface area contributed by atoms with Crippen molar-refractivity contribution in [2.24, 2.45) is 0 Å². The Labute approximate surface area is 154 Å². The molecule has 1 amide bonds. The molecule has 1 saturated carbocycles. The van der Waals surface area contributed by atoms with Crippen molar-refractivity contribution in [1.82, 2.24) is 10.0 Å². The van der Waals surface area contributed by atoms with Crippen LogP contribution in [0, 0.1) is 0 Å². The van der Waals surface area contributed by atoms with E-state index in [0.717, 1.165) is 24.1 Å². The third kappa shape index (κ3) is 4.62. The molecule has 7 heteroatoms. The van der Waals surface area contributed by atoms with Gasteiger partial charge in [0.2, 0.25) is 10.0 Å². The van der Waals surface area contributed by atoms with E-state index in [2.05, 4.69) is 10.0 Å². The van der Waals surface area contributed by atoms with Crippen molar-refractivity contribution >= 4 is 21.6 Å². The molecule has 1 aliphatic rings. The van der Waals surface area contributed by atoms with Crippen LogP contribution in [0.4, 0.5) is 5.69 Å². The van der Waals surface area contributed by atoms with Crippen molar-refractivity contribution in [3.63, 3.8) is 0 Å². The van der Waals surface area contributed by atoms with E-state index in [-0.39, 0.29) is 16.8 Å². The van der Waals surface area contributed by atoms with Crippen LogP contribution in [-0.4, -0.2) is 34.5 Å². The maximum atomic E-state index is 12.4. The van der Waals surface area contributed by atoms with Crippen LogP contribution >= 0.6 is 0 Å². The van der Waals surface area contributed by atoms with Crippen LogP contribution in [0.5, 0.6) is 0 Å². The van der Waals surface area contributed by atoms with E-state index in [9.17, 15) is 13.2 Å². The van der Waals surface area contributed by atoms with E-state index in [4.69, 9.17) is 0 Å². The zero-order valence-corrected chi connectivity index (χ0v) is 15.7. The van der Waals surface area contributed by atoms with E-state index in [1.54, 1.807) is 12.1 Å². The summed E-state index contributed by atoms with van der Waals surface area (Å²) in [5.41, 5.74) is 2.39. The minimum atomic E-state index is -3.57. The zero-order chi connectivity index (χ0) is 18.7. The number of amides is 1. The first-order chi connectivity index (χ1) is 12.3. The maximum Gasteiger partial charge on any atom is 0.251 e. The van der Waals surface area contributed by atoms with Gasteiger partial charge in [0.15, 0.2) is 0 Å². The fraction of sp³-hybridized carbons (Fsp3) is 0.316. The fourth-order valence-electron chi connectivity index (χ4n) is 2.49. The second-order valence-electron chi connectivity index (χ2n) is 6.67. The summed E-state index contributed by atoms with van der Waals surface area (Å²) in [5.74, 6) is -0.301. The van der Waals surface area contributed by atoms with Gasteiger partial charge in [0.25, 0.3) is 5.91 Å². The number of carbonyl (C=O) groups excluding carboxylic acids is 1. The second-order valence-corrected chi connectivity index (χ2v) is 8.38. The molecule has 0 radical (unpaired) electrons.